The smallest absolute Gasteiger partial charge is 0.186 e. The lowest BCUT2D eigenvalue weighted by atomic mass is 9.84. The van der Waals surface area contributed by atoms with Gasteiger partial charge < -0.3 is 4.90 Å². The number of thiophene rings is 1. The highest BCUT2D eigenvalue weighted by Gasteiger charge is 2.34. The largest absolute Gasteiger partial charge is 0.303 e. The number of carbonyl (C=O) groups is 1. The first-order valence-corrected chi connectivity index (χ1v) is 8.95. The molecule has 0 bridgehead atoms. The molecule has 5 heteroatoms. The van der Waals surface area contributed by atoms with E-state index in [1.54, 1.807) is 0 Å². The third kappa shape index (κ3) is 3.16. The number of Topliss-reactive ketones (excluding diaryl/α,β-unsaturated/α-hetero) is 1. The average molecular weight is 357 g/mol. The molecule has 3 rings (SSSR count). The summed E-state index contributed by atoms with van der Waals surface area (Å²) in [6.07, 6.45) is 3.84. The fourth-order valence-corrected chi connectivity index (χ4v) is 4.93. The molecule has 1 aromatic heterocycles. The molecule has 0 aromatic carbocycles. The second-order valence-corrected chi connectivity index (χ2v) is 8.46. The van der Waals surface area contributed by atoms with Crippen molar-refractivity contribution in [1.29, 1.82) is 0 Å². The van der Waals surface area contributed by atoms with Gasteiger partial charge in [-0.1, -0.05) is 0 Å². The van der Waals surface area contributed by atoms with Crippen molar-refractivity contribution in [3.05, 3.63) is 20.8 Å². The minimum atomic E-state index is 0.267. The van der Waals surface area contributed by atoms with Crippen molar-refractivity contribution in [2.75, 3.05) is 33.2 Å². The number of fused-ring (bicyclic) bond motifs is 1. The van der Waals surface area contributed by atoms with Crippen LogP contribution in [0.4, 0.5) is 0 Å². The lowest BCUT2D eigenvalue weighted by molar-refractivity contribution is 0.0379. The highest BCUT2D eigenvalue weighted by atomic mass is 79.9. The fourth-order valence-electron chi connectivity index (χ4n) is 3.62. The molecule has 2 unspecified atom stereocenters. The maximum absolute atomic E-state index is 12.3. The molecule has 3 heterocycles. The van der Waals surface area contributed by atoms with Gasteiger partial charge in [-0.2, -0.15) is 0 Å². The lowest BCUT2D eigenvalue weighted by Crippen LogP contribution is -2.53. The van der Waals surface area contributed by atoms with E-state index in [9.17, 15) is 4.79 Å². The van der Waals surface area contributed by atoms with Gasteiger partial charge in [0.1, 0.15) is 0 Å². The summed E-state index contributed by atoms with van der Waals surface area (Å²) in [5.41, 5.74) is 0. The van der Waals surface area contributed by atoms with Gasteiger partial charge >= 0.3 is 0 Å². The summed E-state index contributed by atoms with van der Waals surface area (Å²) < 4.78 is 1.04. The van der Waals surface area contributed by atoms with Gasteiger partial charge in [0.25, 0.3) is 0 Å². The number of ketones is 1. The van der Waals surface area contributed by atoms with Crippen LogP contribution < -0.4 is 0 Å². The van der Waals surface area contributed by atoms with Crippen LogP contribution in [0.5, 0.6) is 0 Å². The molecule has 2 aliphatic heterocycles. The van der Waals surface area contributed by atoms with Gasteiger partial charge in [0.05, 0.1) is 15.2 Å². The predicted octanol–water partition coefficient (Wildman–Crippen LogP) is 3.11. The summed E-state index contributed by atoms with van der Waals surface area (Å²) in [6.45, 7) is 3.97. The van der Waals surface area contributed by atoms with Gasteiger partial charge in [0.15, 0.2) is 5.78 Å². The predicted molar refractivity (Wildman–Crippen MR) is 86.5 cm³/mol. The second-order valence-electron chi connectivity index (χ2n) is 6.00. The summed E-state index contributed by atoms with van der Waals surface area (Å²) in [5.74, 6) is 1.02. The Morgan fingerprint density at radius 2 is 2.25 bits per heavy atom. The molecule has 0 radical (unpaired) electrons. The molecule has 110 valence electrons. The third-order valence-electron chi connectivity index (χ3n) is 4.65. The van der Waals surface area contributed by atoms with E-state index in [0.29, 0.717) is 6.54 Å². The van der Waals surface area contributed by atoms with Crippen molar-refractivity contribution in [3.8, 4) is 0 Å². The normalized spacial score (nSPS) is 28.3. The van der Waals surface area contributed by atoms with E-state index in [0.717, 1.165) is 33.7 Å². The van der Waals surface area contributed by atoms with E-state index in [-0.39, 0.29) is 5.78 Å². The monoisotopic (exact) mass is 356 g/mol. The molecule has 0 amide bonds. The molecule has 1 aromatic rings. The minimum Gasteiger partial charge on any atom is -0.303 e. The van der Waals surface area contributed by atoms with Crippen LogP contribution in [0.3, 0.4) is 0 Å². The van der Waals surface area contributed by atoms with Crippen molar-refractivity contribution >= 4 is 33.0 Å². The molecular weight excluding hydrogens is 336 g/mol. The SMILES string of the molecule is CN1CCCC2CN(CC(=O)c3ccc(Br)s3)CCC21. The molecule has 2 aliphatic rings. The lowest BCUT2D eigenvalue weighted by Gasteiger charge is -2.45. The van der Waals surface area contributed by atoms with E-state index in [2.05, 4.69) is 32.8 Å². The van der Waals surface area contributed by atoms with Crippen LogP contribution in [0.1, 0.15) is 28.9 Å². The average Bonchev–Trinajstić information content (AvgIpc) is 2.86. The molecular formula is C15H21BrN2OS. The molecule has 2 fully saturated rings. The van der Waals surface area contributed by atoms with Crippen LogP contribution >= 0.6 is 27.3 Å². The Morgan fingerprint density at radius 1 is 1.40 bits per heavy atom. The van der Waals surface area contributed by atoms with E-state index in [1.807, 2.05) is 12.1 Å². The highest BCUT2D eigenvalue weighted by molar-refractivity contribution is 9.11. The molecule has 20 heavy (non-hydrogen) atoms. The summed E-state index contributed by atoms with van der Waals surface area (Å²) >= 11 is 4.96. The number of hydrogen-bond donors (Lipinski definition) is 0. The Morgan fingerprint density at radius 3 is 3.00 bits per heavy atom. The molecule has 2 saturated heterocycles. The molecule has 0 aliphatic carbocycles. The fraction of sp³-hybridized carbons (Fsp3) is 0.667. The van der Waals surface area contributed by atoms with Crippen molar-refractivity contribution in [3.63, 3.8) is 0 Å². The van der Waals surface area contributed by atoms with Gasteiger partial charge in [-0.3, -0.25) is 9.69 Å². The summed E-state index contributed by atoms with van der Waals surface area (Å²) in [5, 5.41) is 0. The number of rotatable bonds is 3. The molecule has 0 N–H and O–H groups in total. The number of halogens is 1. The van der Waals surface area contributed by atoms with Crippen LogP contribution in [0, 0.1) is 5.92 Å². The first-order chi connectivity index (χ1) is 9.63. The van der Waals surface area contributed by atoms with Crippen LogP contribution in [0.25, 0.3) is 0 Å². The number of hydrogen-bond acceptors (Lipinski definition) is 4. The maximum atomic E-state index is 12.3. The van der Waals surface area contributed by atoms with Gasteiger partial charge in [0, 0.05) is 19.1 Å². The number of carbonyl (C=O) groups excluding carboxylic acids is 1. The summed E-state index contributed by atoms with van der Waals surface area (Å²) in [6, 6.07) is 4.63. The third-order valence-corrected chi connectivity index (χ3v) is 6.31. The Labute approximate surface area is 133 Å². The molecule has 0 spiro atoms. The zero-order chi connectivity index (χ0) is 14.1. The molecule has 0 saturated carbocycles. The van der Waals surface area contributed by atoms with Gasteiger partial charge in [-0.25, -0.2) is 0 Å². The summed E-state index contributed by atoms with van der Waals surface area (Å²) in [4.78, 5) is 18.0. The standard InChI is InChI=1S/C15H21BrN2OS/c1-17-7-2-3-11-9-18(8-6-12(11)17)10-13(19)14-4-5-15(16)20-14/h4-5,11-12H,2-3,6-10H2,1H3. The topological polar surface area (TPSA) is 23.6 Å². The Bertz CT molecular complexity index is 490. The van der Waals surface area contributed by atoms with Gasteiger partial charge in [-0.15, -0.1) is 11.3 Å². The van der Waals surface area contributed by atoms with Gasteiger partial charge in [-0.05, 0) is 66.8 Å². The summed E-state index contributed by atoms with van der Waals surface area (Å²) in [7, 11) is 2.25. The Balaban J connectivity index is 1.58. The van der Waals surface area contributed by atoms with Crippen molar-refractivity contribution in [2.45, 2.75) is 25.3 Å². The van der Waals surface area contributed by atoms with Crippen molar-refractivity contribution < 1.29 is 4.79 Å². The number of piperidine rings is 2. The van der Waals surface area contributed by atoms with Crippen LogP contribution in [-0.2, 0) is 0 Å². The maximum Gasteiger partial charge on any atom is 0.186 e. The molecule has 2 atom stereocenters. The van der Waals surface area contributed by atoms with E-state index >= 15 is 0 Å². The minimum absolute atomic E-state index is 0.267. The first-order valence-electron chi connectivity index (χ1n) is 7.34. The van der Waals surface area contributed by atoms with Crippen molar-refractivity contribution in [1.82, 2.24) is 9.80 Å². The highest BCUT2D eigenvalue weighted by Crippen LogP contribution is 2.30. The number of nitrogens with zero attached hydrogens (tertiary/aromatic N) is 2. The number of likely N-dealkylation sites (tertiary alicyclic amines) is 2. The van der Waals surface area contributed by atoms with E-state index in [4.69, 9.17) is 0 Å². The zero-order valence-corrected chi connectivity index (χ0v) is 14.3. The van der Waals surface area contributed by atoms with Crippen molar-refractivity contribution in [2.24, 2.45) is 5.92 Å². The van der Waals surface area contributed by atoms with Gasteiger partial charge in [0.2, 0.25) is 0 Å². The van der Waals surface area contributed by atoms with Crippen LogP contribution in [0.2, 0.25) is 0 Å². The van der Waals surface area contributed by atoms with Crippen LogP contribution in [-0.4, -0.2) is 54.9 Å². The first kappa shape index (κ1) is 14.7. The zero-order valence-electron chi connectivity index (χ0n) is 11.8. The van der Waals surface area contributed by atoms with E-state index < -0.39 is 0 Å². The van der Waals surface area contributed by atoms with Crippen LogP contribution in [0.15, 0.2) is 15.9 Å². The second kappa shape index (κ2) is 6.26. The molecule has 3 nitrogen and oxygen atoms in total. The van der Waals surface area contributed by atoms with E-state index in [1.165, 1.54) is 37.1 Å². The quantitative estimate of drug-likeness (QED) is 0.777. The Hall–Kier alpha value is -0.230. The Kier molecular flexibility index (Phi) is 4.60.